The van der Waals surface area contributed by atoms with Gasteiger partial charge in [-0.3, -0.25) is 0 Å². The third-order valence-electron chi connectivity index (χ3n) is 2.95. The molecule has 1 N–H and O–H groups in total. The molecular formula is C11H13Cl3N2O. The van der Waals surface area contributed by atoms with Crippen molar-refractivity contribution in [1.82, 2.24) is 4.98 Å². The van der Waals surface area contributed by atoms with Gasteiger partial charge in [-0.1, -0.05) is 34.8 Å². The summed E-state index contributed by atoms with van der Waals surface area (Å²) in [5.41, 5.74) is 0. The highest BCUT2D eigenvalue weighted by Crippen LogP contribution is 2.29. The van der Waals surface area contributed by atoms with Gasteiger partial charge in [-0.15, -0.1) is 0 Å². The van der Waals surface area contributed by atoms with Gasteiger partial charge in [-0.05, 0) is 19.4 Å². The zero-order valence-corrected chi connectivity index (χ0v) is 11.6. The van der Waals surface area contributed by atoms with Crippen LogP contribution in [0.5, 0.6) is 0 Å². The average molecular weight is 296 g/mol. The largest absolute Gasteiger partial charge is 0.378 e. The standard InChI is InChI=1S/C11H13Cl3N2O/c1-6-7(2-3-17-6)5-15-11-9(13)4-8(12)10(14)16-11/h4,6-7H,2-3,5H2,1H3,(H,15,16). The molecule has 94 valence electrons. The molecule has 0 aromatic carbocycles. The summed E-state index contributed by atoms with van der Waals surface area (Å²) in [5.74, 6) is 1.04. The van der Waals surface area contributed by atoms with Gasteiger partial charge in [0, 0.05) is 19.1 Å². The third-order valence-corrected chi connectivity index (χ3v) is 3.91. The smallest absolute Gasteiger partial charge is 0.150 e. The maximum absolute atomic E-state index is 6.02. The summed E-state index contributed by atoms with van der Waals surface area (Å²) in [6, 6.07) is 1.59. The fourth-order valence-corrected chi connectivity index (χ4v) is 2.40. The van der Waals surface area contributed by atoms with Crippen molar-refractivity contribution in [2.24, 2.45) is 5.92 Å². The number of hydrogen-bond donors (Lipinski definition) is 1. The number of ether oxygens (including phenoxy) is 1. The maximum atomic E-state index is 6.02. The molecule has 0 spiro atoms. The first-order chi connectivity index (χ1) is 8.08. The molecule has 1 fully saturated rings. The van der Waals surface area contributed by atoms with Crippen molar-refractivity contribution >= 4 is 40.6 Å². The van der Waals surface area contributed by atoms with Crippen molar-refractivity contribution in [3.8, 4) is 0 Å². The molecule has 0 aliphatic carbocycles. The highest BCUT2D eigenvalue weighted by Gasteiger charge is 2.24. The van der Waals surface area contributed by atoms with Crippen LogP contribution in [-0.4, -0.2) is 24.2 Å². The van der Waals surface area contributed by atoms with Gasteiger partial charge in [0.2, 0.25) is 0 Å². The lowest BCUT2D eigenvalue weighted by Crippen LogP contribution is -2.21. The zero-order chi connectivity index (χ0) is 12.4. The molecule has 6 heteroatoms. The highest BCUT2D eigenvalue weighted by atomic mass is 35.5. The number of halogens is 3. The molecule has 2 rings (SSSR count). The molecule has 2 heterocycles. The normalized spacial score (nSPS) is 24.0. The number of nitrogens with one attached hydrogen (secondary N) is 1. The van der Waals surface area contributed by atoms with Crippen LogP contribution in [0.4, 0.5) is 5.82 Å². The number of anilines is 1. The zero-order valence-electron chi connectivity index (χ0n) is 9.34. The van der Waals surface area contributed by atoms with Crippen LogP contribution in [0.3, 0.4) is 0 Å². The van der Waals surface area contributed by atoms with Crippen molar-refractivity contribution < 1.29 is 4.74 Å². The number of hydrogen-bond acceptors (Lipinski definition) is 3. The summed E-state index contributed by atoms with van der Waals surface area (Å²) in [6.07, 6.45) is 1.32. The quantitative estimate of drug-likeness (QED) is 0.859. The number of rotatable bonds is 3. The van der Waals surface area contributed by atoms with E-state index in [-0.39, 0.29) is 11.3 Å². The minimum atomic E-state index is 0.259. The predicted molar refractivity (Wildman–Crippen MR) is 71.3 cm³/mol. The van der Waals surface area contributed by atoms with E-state index in [4.69, 9.17) is 39.5 Å². The van der Waals surface area contributed by atoms with Crippen LogP contribution < -0.4 is 5.32 Å². The van der Waals surface area contributed by atoms with Crippen molar-refractivity contribution in [1.29, 1.82) is 0 Å². The monoisotopic (exact) mass is 294 g/mol. The Morgan fingerprint density at radius 3 is 2.82 bits per heavy atom. The Morgan fingerprint density at radius 1 is 1.41 bits per heavy atom. The van der Waals surface area contributed by atoms with E-state index >= 15 is 0 Å². The van der Waals surface area contributed by atoms with Gasteiger partial charge in [-0.25, -0.2) is 4.98 Å². The molecule has 1 aromatic rings. The van der Waals surface area contributed by atoms with E-state index in [0.29, 0.717) is 21.8 Å². The third kappa shape index (κ3) is 3.16. The summed E-state index contributed by atoms with van der Waals surface area (Å²) < 4.78 is 5.49. The molecule has 1 aliphatic rings. The summed E-state index contributed by atoms with van der Waals surface area (Å²) in [7, 11) is 0. The molecule has 3 nitrogen and oxygen atoms in total. The van der Waals surface area contributed by atoms with Crippen LogP contribution >= 0.6 is 34.8 Å². The minimum absolute atomic E-state index is 0.259. The Morgan fingerprint density at radius 2 is 2.18 bits per heavy atom. The lowest BCUT2D eigenvalue weighted by atomic mass is 10.0. The van der Waals surface area contributed by atoms with E-state index in [1.807, 2.05) is 0 Å². The van der Waals surface area contributed by atoms with Gasteiger partial charge >= 0.3 is 0 Å². The second-order valence-electron chi connectivity index (χ2n) is 4.10. The lowest BCUT2D eigenvalue weighted by molar-refractivity contribution is 0.108. The topological polar surface area (TPSA) is 34.1 Å². The molecule has 2 unspecified atom stereocenters. The van der Waals surface area contributed by atoms with Crippen LogP contribution in [0.15, 0.2) is 6.07 Å². The van der Waals surface area contributed by atoms with Crippen molar-refractivity contribution in [2.45, 2.75) is 19.4 Å². The molecule has 0 saturated carbocycles. The summed E-state index contributed by atoms with van der Waals surface area (Å²) >= 11 is 17.7. The van der Waals surface area contributed by atoms with E-state index in [0.717, 1.165) is 19.6 Å². The van der Waals surface area contributed by atoms with Crippen molar-refractivity contribution in [3.63, 3.8) is 0 Å². The van der Waals surface area contributed by atoms with Gasteiger partial charge in [0.25, 0.3) is 0 Å². The van der Waals surface area contributed by atoms with Crippen LogP contribution in [0.2, 0.25) is 15.2 Å². The lowest BCUT2D eigenvalue weighted by Gasteiger charge is -2.16. The first kappa shape index (κ1) is 13.2. The number of pyridine rings is 1. The Balaban J connectivity index is 2.01. The molecule has 0 amide bonds. The van der Waals surface area contributed by atoms with Gasteiger partial charge < -0.3 is 10.1 Å². The van der Waals surface area contributed by atoms with Crippen molar-refractivity contribution in [2.75, 3.05) is 18.5 Å². The number of nitrogens with zero attached hydrogens (tertiary/aromatic N) is 1. The van der Waals surface area contributed by atoms with Crippen LogP contribution in [0.1, 0.15) is 13.3 Å². The van der Waals surface area contributed by atoms with Gasteiger partial charge in [-0.2, -0.15) is 0 Å². The molecule has 1 aromatic heterocycles. The van der Waals surface area contributed by atoms with Gasteiger partial charge in [0.05, 0.1) is 16.1 Å². The van der Waals surface area contributed by atoms with Crippen LogP contribution in [0.25, 0.3) is 0 Å². The highest BCUT2D eigenvalue weighted by molar-refractivity contribution is 6.42. The summed E-state index contributed by atoms with van der Waals surface area (Å²) in [4.78, 5) is 4.11. The Bertz CT molecular complexity index is 414. The van der Waals surface area contributed by atoms with Gasteiger partial charge in [0.1, 0.15) is 11.0 Å². The van der Waals surface area contributed by atoms with E-state index in [2.05, 4.69) is 17.2 Å². The second-order valence-corrected chi connectivity index (χ2v) is 5.27. The second kappa shape index (κ2) is 5.61. The fourth-order valence-electron chi connectivity index (χ4n) is 1.84. The number of aromatic nitrogens is 1. The van der Waals surface area contributed by atoms with Gasteiger partial charge in [0.15, 0.2) is 0 Å². The van der Waals surface area contributed by atoms with Crippen LogP contribution in [-0.2, 0) is 4.74 Å². The molecule has 1 aliphatic heterocycles. The first-order valence-corrected chi connectivity index (χ1v) is 6.58. The van der Waals surface area contributed by atoms with Crippen LogP contribution in [0, 0.1) is 5.92 Å². The molecule has 17 heavy (non-hydrogen) atoms. The van der Waals surface area contributed by atoms with E-state index in [1.54, 1.807) is 6.07 Å². The predicted octanol–water partition coefficient (Wildman–Crippen LogP) is 3.88. The Hall–Kier alpha value is -0.220. The van der Waals surface area contributed by atoms with E-state index in [9.17, 15) is 0 Å². The van der Waals surface area contributed by atoms with E-state index < -0.39 is 0 Å². The summed E-state index contributed by atoms with van der Waals surface area (Å²) in [5, 5.41) is 4.28. The summed E-state index contributed by atoms with van der Waals surface area (Å²) in [6.45, 7) is 3.66. The molecular weight excluding hydrogens is 282 g/mol. The Kier molecular flexibility index (Phi) is 4.36. The first-order valence-electron chi connectivity index (χ1n) is 5.45. The average Bonchev–Trinajstić information content (AvgIpc) is 2.68. The molecule has 0 radical (unpaired) electrons. The molecule has 0 bridgehead atoms. The Labute approximate surface area is 115 Å². The molecule has 1 saturated heterocycles. The SMILES string of the molecule is CC1OCCC1CNc1nc(Cl)c(Cl)cc1Cl. The minimum Gasteiger partial charge on any atom is -0.378 e. The van der Waals surface area contributed by atoms with E-state index in [1.165, 1.54) is 0 Å². The fraction of sp³-hybridized carbons (Fsp3) is 0.545. The van der Waals surface area contributed by atoms with Crippen molar-refractivity contribution in [3.05, 3.63) is 21.3 Å². The maximum Gasteiger partial charge on any atom is 0.150 e. The molecule has 2 atom stereocenters.